The van der Waals surface area contributed by atoms with Crippen LogP contribution in [0, 0.1) is 13.8 Å². The Bertz CT molecular complexity index is 630. The summed E-state index contributed by atoms with van der Waals surface area (Å²) in [6, 6.07) is 10.3. The SMILES string of the molecule is Cc1cc(CNS(=O)(=O)c2ccccc2)c(C)[nH]1. The predicted molar refractivity (Wildman–Crippen MR) is 70.7 cm³/mol. The number of aryl methyl sites for hydroxylation is 2. The number of H-pyrrole nitrogens is 1. The normalized spacial score (nSPS) is 11.7. The molecule has 18 heavy (non-hydrogen) atoms. The third-order valence-electron chi connectivity index (χ3n) is 2.76. The molecule has 1 heterocycles. The van der Waals surface area contributed by atoms with Crippen molar-refractivity contribution in [3.63, 3.8) is 0 Å². The molecule has 0 radical (unpaired) electrons. The van der Waals surface area contributed by atoms with Crippen molar-refractivity contribution < 1.29 is 8.42 Å². The van der Waals surface area contributed by atoms with E-state index < -0.39 is 10.0 Å². The molecule has 0 aliphatic heterocycles. The van der Waals surface area contributed by atoms with Crippen molar-refractivity contribution >= 4 is 10.0 Å². The number of hydrogen-bond donors (Lipinski definition) is 2. The average Bonchev–Trinajstić information content (AvgIpc) is 2.67. The molecule has 0 unspecified atom stereocenters. The van der Waals surface area contributed by atoms with Gasteiger partial charge < -0.3 is 4.98 Å². The Balaban J connectivity index is 2.13. The van der Waals surface area contributed by atoms with E-state index in [2.05, 4.69) is 9.71 Å². The zero-order chi connectivity index (χ0) is 13.2. The second-order valence-corrected chi connectivity index (χ2v) is 6.01. The van der Waals surface area contributed by atoms with E-state index in [-0.39, 0.29) is 4.90 Å². The zero-order valence-corrected chi connectivity index (χ0v) is 11.2. The Labute approximate surface area is 107 Å². The number of rotatable bonds is 4. The van der Waals surface area contributed by atoms with Gasteiger partial charge in [-0.3, -0.25) is 0 Å². The topological polar surface area (TPSA) is 62.0 Å². The first-order valence-electron chi connectivity index (χ1n) is 5.69. The van der Waals surface area contributed by atoms with Crippen molar-refractivity contribution in [3.05, 3.63) is 53.3 Å². The number of benzene rings is 1. The van der Waals surface area contributed by atoms with Crippen molar-refractivity contribution in [2.45, 2.75) is 25.3 Å². The van der Waals surface area contributed by atoms with Gasteiger partial charge in [-0.25, -0.2) is 13.1 Å². The molecular formula is C13H16N2O2S. The van der Waals surface area contributed by atoms with Gasteiger partial charge in [0.2, 0.25) is 10.0 Å². The van der Waals surface area contributed by atoms with Crippen LogP contribution in [0.4, 0.5) is 0 Å². The first kappa shape index (κ1) is 12.9. The second kappa shape index (κ2) is 4.96. The Morgan fingerprint density at radius 1 is 1.17 bits per heavy atom. The van der Waals surface area contributed by atoms with Crippen LogP contribution in [0.15, 0.2) is 41.3 Å². The number of hydrogen-bond acceptors (Lipinski definition) is 2. The molecule has 2 rings (SSSR count). The van der Waals surface area contributed by atoms with Crippen molar-refractivity contribution in [3.8, 4) is 0 Å². The van der Waals surface area contributed by atoms with E-state index in [1.54, 1.807) is 30.3 Å². The van der Waals surface area contributed by atoms with Crippen LogP contribution in [0.1, 0.15) is 17.0 Å². The first-order valence-corrected chi connectivity index (χ1v) is 7.17. The second-order valence-electron chi connectivity index (χ2n) is 4.24. The van der Waals surface area contributed by atoms with Crippen molar-refractivity contribution in [1.82, 2.24) is 9.71 Å². The van der Waals surface area contributed by atoms with Gasteiger partial charge in [-0.1, -0.05) is 18.2 Å². The number of sulfonamides is 1. The van der Waals surface area contributed by atoms with Crippen LogP contribution in [0.5, 0.6) is 0 Å². The number of aromatic amines is 1. The Kier molecular flexibility index (Phi) is 3.54. The summed E-state index contributed by atoms with van der Waals surface area (Å²) in [5.74, 6) is 0. The van der Waals surface area contributed by atoms with Gasteiger partial charge >= 0.3 is 0 Å². The third-order valence-corrected chi connectivity index (χ3v) is 4.18. The highest BCUT2D eigenvalue weighted by Crippen LogP contribution is 2.12. The van der Waals surface area contributed by atoms with Crippen LogP contribution in [-0.2, 0) is 16.6 Å². The number of nitrogens with one attached hydrogen (secondary N) is 2. The fourth-order valence-corrected chi connectivity index (χ4v) is 2.85. The maximum absolute atomic E-state index is 12.0. The summed E-state index contributed by atoms with van der Waals surface area (Å²) >= 11 is 0. The van der Waals surface area contributed by atoms with Gasteiger partial charge in [0.25, 0.3) is 0 Å². The van der Waals surface area contributed by atoms with E-state index in [1.807, 2.05) is 19.9 Å². The molecule has 0 saturated carbocycles. The molecule has 0 amide bonds. The molecule has 5 heteroatoms. The smallest absolute Gasteiger partial charge is 0.240 e. The van der Waals surface area contributed by atoms with Crippen molar-refractivity contribution in [2.75, 3.05) is 0 Å². The molecule has 1 aromatic heterocycles. The molecule has 0 spiro atoms. The van der Waals surface area contributed by atoms with Crippen molar-refractivity contribution in [2.24, 2.45) is 0 Å². The lowest BCUT2D eigenvalue weighted by Gasteiger charge is -2.06. The van der Waals surface area contributed by atoms with Crippen LogP contribution >= 0.6 is 0 Å². The van der Waals surface area contributed by atoms with Gasteiger partial charge in [-0.05, 0) is 37.6 Å². The van der Waals surface area contributed by atoms with Gasteiger partial charge in [-0.2, -0.15) is 0 Å². The summed E-state index contributed by atoms with van der Waals surface area (Å²) in [6.07, 6.45) is 0. The van der Waals surface area contributed by atoms with E-state index in [1.165, 1.54) is 0 Å². The Hall–Kier alpha value is -1.59. The molecule has 0 aliphatic carbocycles. The quantitative estimate of drug-likeness (QED) is 0.888. The molecule has 2 aromatic rings. The fourth-order valence-electron chi connectivity index (χ4n) is 1.82. The summed E-state index contributed by atoms with van der Waals surface area (Å²) in [5.41, 5.74) is 2.98. The van der Waals surface area contributed by atoms with Crippen LogP contribution in [0.3, 0.4) is 0 Å². The van der Waals surface area contributed by atoms with Gasteiger partial charge in [0.1, 0.15) is 0 Å². The molecule has 0 saturated heterocycles. The molecular weight excluding hydrogens is 248 g/mol. The molecule has 2 N–H and O–H groups in total. The Morgan fingerprint density at radius 3 is 2.39 bits per heavy atom. The maximum Gasteiger partial charge on any atom is 0.240 e. The molecule has 0 fully saturated rings. The molecule has 4 nitrogen and oxygen atoms in total. The lowest BCUT2D eigenvalue weighted by atomic mass is 10.2. The van der Waals surface area contributed by atoms with E-state index in [0.29, 0.717) is 6.54 Å². The van der Waals surface area contributed by atoms with Crippen LogP contribution in [-0.4, -0.2) is 13.4 Å². The van der Waals surface area contributed by atoms with Gasteiger partial charge in [0, 0.05) is 17.9 Å². The molecule has 0 aliphatic rings. The monoisotopic (exact) mass is 264 g/mol. The summed E-state index contributed by atoms with van der Waals surface area (Å²) in [6.45, 7) is 4.18. The number of aromatic nitrogens is 1. The highest BCUT2D eigenvalue weighted by molar-refractivity contribution is 7.89. The van der Waals surface area contributed by atoms with Gasteiger partial charge in [0.05, 0.1) is 4.90 Å². The largest absolute Gasteiger partial charge is 0.362 e. The maximum atomic E-state index is 12.0. The molecule has 96 valence electrons. The lowest BCUT2D eigenvalue weighted by molar-refractivity contribution is 0.581. The minimum Gasteiger partial charge on any atom is -0.362 e. The summed E-state index contributed by atoms with van der Waals surface area (Å²) < 4.78 is 26.6. The standard InChI is InChI=1S/C13H16N2O2S/c1-10-8-12(11(2)15-10)9-14-18(16,17)13-6-4-3-5-7-13/h3-8,14-15H,9H2,1-2H3. The van der Waals surface area contributed by atoms with E-state index in [9.17, 15) is 8.42 Å². The highest BCUT2D eigenvalue weighted by atomic mass is 32.2. The zero-order valence-electron chi connectivity index (χ0n) is 10.4. The van der Waals surface area contributed by atoms with E-state index >= 15 is 0 Å². The lowest BCUT2D eigenvalue weighted by Crippen LogP contribution is -2.23. The van der Waals surface area contributed by atoms with Gasteiger partial charge in [-0.15, -0.1) is 0 Å². The van der Waals surface area contributed by atoms with Crippen LogP contribution < -0.4 is 4.72 Å². The molecule has 0 bridgehead atoms. The molecule has 1 aromatic carbocycles. The van der Waals surface area contributed by atoms with Crippen molar-refractivity contribution in [1.29, 1.82) is 0 Å². The molecule has 0 atom stereocenters. The average molecular weight is 264 g/mol. The summed E-state index contributed by atoms with van der Waals surface area (Å²) in [4.78, 5) is 3.44. The van der Waals surface area contributed by atoms with Crippen LogP contribution in [0.2, 0.25) is 0 Å². The first-order chi connectivity index (χ1) is 8.49. The minimum absolute atomic E-state index is 0.287. The fraction of sp³-hybridized carbons (Fsp3) is 0.231. The highest BCUT2D eigenvalue weighted by Gasteiger charge is 2.13. The van der Waals surface area contributed by atoms with E-state index in [4.69, 9.17) is 0 Å². The predicted octanol–water partition coefficient (Wildman–Crippen LogP) is 2.11. The summed E-state index contributed by atoms with van der Waals surface area (Å²) in [7, 11) is -3.43. The summed E-state index contributed by atoms with van der Waals surface area (Å²) in [5, 5.41) is 0. The minimum atomic E-state index is -3.43. The van der Waals surface area contributed by atoms with Crippen LogP contribution in [0.25, 0.3) is 0 Å². The Morgan fingerprint density at radius 2 is 1.83 bits per heavy atom. The third kappa shape index (κ3) is 2.80. The van der Waals surface area contributed by atoms with Gasteiger partial charge in [0.15, 0.2) is 0 Å². The van der Waals surface area contributed by atoms with E-state index in [0.717, 1.165) is 17.0 Å².